The number of carboxylic acid groups (broad SMARTS) is 1. The number of likely N-dealkylation sites (tertiary alicyclic amines) is 2. The van der Waals surface area contributed by atoms with Crippen LogP contribution in [0.25, 0.3) is 0 Å². The summed E-state index contributed by atoms with van der Waals surface area (Å²) in [6.07, 6.45) is 0.983. The number of hydrogen-bond donors (Lipinski definition) is 1. The highest BCUT2D eigenvalue weighted by Crippen LogP contribution is 2.42. The van der Waals surface area contributed by atoms with Gasteiger partial charge in [-0.1, -0.05) is 18.6 Å². The van der Waals surface area contributed by atoms with Crippen LogP contribution in [0.2, 0.25) is 0 Å². The van der Waals surface area contributed by atoms with E-state index in [9.17, 15) is 22.4 Å². The zero-order valence-electron chi connectivity index (χ0n) is 16.6. The number of nitrogens with zero attached hydrogens (tertiary/aromatic N) is 2. The number of hydrogen-bond acceptors (Lipinski definition) is 3. The molecule has 4 rings (SSSR count). The van der Waals surface area contributed by atoms with Gasteiger partial charge in [0, 0.05) is 26.2 Å². The molecule has 1 saturated carbocycles. The van der Waals surface area contributed by atoms with Gasteiger partial charge >= 0.3 is 12.1 Å². The van der Waals surface area contributed by atoms with Crippen molar-refractivity contribution in [3.63, 3.8) is 0 Å². The number of benzene rings is 1. The van der Waals surface area contributed by atoms with Gasteiger partial charge in [-0.05, 0) is 55.8 Å². The Kier molecular flexibility index (Phi) is 6.69. The summed E-state index contributed by atoms with van der Waals surface area (Å²) >= 11 is 0. The molecular weight excluding hydrogens is 404 g/mol. The molecule has 1 amide bonds. The summed E-state index contributed by atoms with van der Waals surface area (Å²) < 4.78 is 45.1. The molecule has 30 heavy (non-hydrogen) atoms. The SMILES string of the molecule is O=C(O)C(F)(F)F.O=C1N(Cc2cccc(F)c2)CCC12CCN(CC1CCC1)C2. The van der Waals surface area contributed by atoms with Crippen LogP contribution in [0.3, 0.4) is 0 Å². The quantitative estimate of drug-likeness (QED) is 0.741. The molecule has 2 saturated heterocycles. The van der Waals surface area contributed by atoms with Gasteiger partial charge in [-0.15, -0.1) is 0 Å². The largest absolute Gasteiger partial charge is 0.490 e. The van der Waals surface area contributed by atoms with E-state index in [1.165, 1.54) is 37.9 Å². The minimum absolute atomic E-state index is 0.156. The smallest absolute Gasteiger partial charge is 0.475 e. The van der Waals surface area contributed by atoms with Crippen LogP contribution in [0.4, 0.5) is 17.6 Å². The number of halogens is 4. The Labute approximate surface area is 172 Å². The Hall–Kier alpha value is -2.16. The Bertz CT molecular complexity index is 782. The van der Waals surface area contributed by atoms with Crippen molar-refractivity contribution >= 4 is 11.9 Å². The second-order valence-electron chi connectivity index (χ2n) is 8.47. The molecule has 1 aliphatic carbocycles. The van der Waals surface area contributed by atoms with Gasteiger partial charge in [-0.2, -0.15) is 13.2 Å². The van der Waals surface area contributed by atoms with E-state index in [0.29, 0.717) is 6.54 Å². The van der Waals surface area contributed by atoms with E-state index in [1.807, 2.05) is 11.0 Å². The van der Waals surface area contributed by atoms with Gasteiger partial charge in [0.2, 0.25) is 5.91 Å². The zero-order chi connectivity index (χ0) is 21.9. The third-order valence-electron chi connectivity index (χ3n) is 6.28. The molecule has 3 aliphatic rings. The summed E-state index contributed by atoms with van der Waals surface area (Å²) in [5, 5.41) is 7.12. The first-order chi connectivity index (χ1) is 14.1. The topological polar surface area (TPSA) is 60.9 Å². The molecule has 2 heterocycles. The molecule has 166 valence electrons. The molecule has 1 aromatic carbocycles. The average molecular weight is 430 g/mol. The Morgan fingerprint density at radius 1 is 1.20 bits per heavy atom. The number of carboxylic acids is 1. The summed E-state index contributed by atoms with van der Waals surface area (Å²) in [6, 6.07) is 6.61. The van der Waals surface area contributed by atoms with Crippen LogP contribution in [0.1, 0.15) is 37.7 Å². The fourth-order valence-corrected chi connectivity index (χ4v) is 4.43. The first-order valence-electron chi connectivity index (χ1n) is 10.2. The highest BCUT2D eigenvalue weighted by atomic mass is 19.4. The second kappa shape index (κ2) is 8.91. The van der Waals surface area contributed by atoms with Crippen LogP contribution in [0.5, 0.6) is 0 Å². The van der Waals surface area contributed by atoms with Gasteiger partial charge < -0.3 is 14.9 Å². The Morgan fingerprint density at radius 2 is 1.87 bits per heavy atom. The van der Waals surface area contributed by atoms with Gasteiger partial charge in [0.1, 0.15) is 5.82 Å². The van der Waals surface area contributed by atoms with Crippen molar-refractivity contribution in [3.8, 4) is 0 Å². The molecule has 0 bridgehead atoms. The lowest BCUT2D eigenvalue weighted by atomic mass is 9.84. The predicted octanol–water partition coefficient (Wildman–Crippen LogP) is 3.68. The van der Waals surface area contributed by atoms with Crippen molar-refractivity contribution in [2.75, 3.05) is 26.2 Å². The number of alkyl halides is 3. The van der Waals surface area contributed by atoms with Gasteiger partial charge in [0.15, 0.2) is 0 Å². The van der Waals surface area contributed by atoms with Gasteiger partial charge in [0.25, 0.3) is 0 Å². The van der Waals surface area contributed by atoms with E-state index in [2.05, 4.69) is 4.90 Å². The number of carbonyl (C=O) groups is 2. The summed E-state index contributed by atoms with van der Waals surface area (Å²) in [6.45, 7) is 4.53. The maximum atomic E-state index is 13.3. The first-order valence-corrected chi connectivity index (χ1v) is 10.2. The maximum Gasteiger partial charge on any atom is 0.490 e. The molecule has 0 radical (unpaired) electrons. The molecular formula is C21H26F4N2O3. The lowest BCUT2D eigenvalue weighted by Gasteiger charge is -2.31. The van der Waals surface area contributed by atoms with Gasteiger partial charge in [-0.3, -0.25) is 4.79 Å². The molecule has 1 unspecified atom stereocenters. The van der Waals surface area contributed by atoms with E-state index >= 15 is 0 Å². The number of amides is 1. The van der Waals surface area contributed by atoms with Crippen LogP contribution in [0.15, 0.2) is 24.3 Å². The number of rotatable bonds is 4. The Morgan fingerprint density at radius 3 is 2.43 bits per heavy atom. The monoisotopic (exact) mass is 430 g/mol. The fraction of sp³-hybridized carbons (Fsp3) is 0.619. The van der Waals surface area contributed by atoms with E-state index in [-0.39, 0.29) is 17.1 Å². The summed E-state index contributed by atoms with van der Waals surface area (Å²) in [5.41, 5.74) is 0.733. The summed E-state index contributed by atoms with van der Waals surface area (Å²) in [5.74, 6) is -1.83. The number of aliphatic carboxylic acids is 1. The lowest BCUT2D eigenvalue weighted by Crippen LogP contribution is -2.38. The minimum atomic E-state index is -5.08. The fourth-order valence-electron chi connectivity index (χ4n) is 4.43. The van der Waals surface area contributed by atoms with Crippen molar-refractivity contribution in [1.82, 2.24) is 9.80 Å². The normalized spacial score (nSPS) is 24.7. The molecule has 5 nitrogen and oxygen atoms in total. The standard InChI is InChI=1S/C19H25FN2O.C2HF3O2/c20-17-6-2-5-16(11-17)13-22-10-8-19(18(22)23)7-9-21(14-19)12-15-3-1-4-15;3-2(4,5)1(6)7/h2,5-6,11,15H,1,3-4,7-10,12-14H2;(H,6,7). The van der Waals surface area contributed by atoms with Crippen LogP contribution >= 0.6 is 0 Å². The van der Waals surface area contributed by atoms with E-state index in [4.69, 9.17) is 9.90 Å². The third kappa shape index (κ3) is 5.30. The third-order valence-corrected chi connectivity index (χ3v) is 6.28. The predicted molar refractivity (Wildman–Crippen MR) is 101 cm³/mol. The van der Waals surface area contributed by atoms with E-state index in [1.54, 1.807) is 6.07 Å². The number of carbonyl (C=O) groups excluding carboxylic acids is 1. The minimum Gasteiger partial charge on any atom is -0.475 e. The highest BCUT2D eigenvalue weighted by Gasteiger charge is 2.50. The maximum absolute atomic E-state index is 13.3. The average Bonchev–Trinajstić information content (AvgIpc) is 3.17. The van der Waals surface area contributed by atoms with Crippen molar-refractivity contribution in [3.05, 3.63) is 35.6 Å². The molecule has 0 aromatic heterocycles. The molecule has 1 N–H and O–H groups in total. The molecule has 1 spiro atoms. The van der Waals surface area contributed by atoms with Crippen LogP contribution in [0, 0.1) is 17.2 Å². The molecule has 1 aromatic rings. The molecule has 1 atom stereocenters. The van der Waals surface area contributed by atoms with E-state index < -0.39 is 12.1 Å². The van der Waals surface area contributed by atoms with E-state index in [0.717, 1.165) is 44.0 Å². The van der Waals surface area contributed by atoms with Gasteiger partial charge in [0.05, 0.1) is 5.41 Å². The Balaban J connectivity index is 0.000000318. The van der Waals surface area contributed by atoms with Crippen molar-refractivity contribution in [2.45, 2.75) is 44.8 Å². The van der Waals surface area contributed by atoms with Crippen LogP contribution in [-0.2, 0) is 16.1 Å². The second-order valence-corrected chi connectivity index (χ2v) is 8.47. The van der Waals surface area contributed by atoms with Crippen LogP contribution in [-0.4, -0.2) is 59.1 Å². The first kappa shape index (κ1) is 22.5. The summed E-state index contributed by atoms with van der Waals surface area (Å²) in [4.78, 5) is 26.3. The summed E-state index contributed by atoms with van der Waals surface area (Å²) in [7, 11) is 0. The lowest BCUT2D eigenvalue weighted by molar-refractivity contribution is -0.192. The highest BCUT2D eigenvalue weighted by molar-refractivity contribution is 5.85. The molecule has 9 heteroatoms. The van der Waals surface area contributed by atoms with Crippen molar-refractivity contribution < 1.29 is 32.3 Å². The van der Waals surface area contributed by atoms with Crippen molar-refractivity contribution in [1.29, 1.82) is 0 Å². The molecule has 3 fully saturated rings. The zero-order valence-corrected chi connectivity index (χ0v) is 16.6. The van der Waals surface area contributed by atoms with Gasteiger partial charge in [-0.25, -0.2) is 9.18 Å². The van der Waals surface area contributed by atoms with Crippen molar-refractivity contribution in [2.24, 2.45) is 11.3 Å². The van der Waals surface area contributed by atoms with Crippen LogP contribution < -0.4 is 0 Å². The molecule has 2 aliphatic heterocycles.